The van der Waals surface area contributed by atoms with Crippen LogP contribution in [-0.4, -0.2) is 19.4 Å². The maximum absolute atomic E-state index is 10.4. The summed E-state index contributed by atoms with van der Waals surface area (Å²) >= 11 is 0. The topological polar surface area (TPSA) is 33.5 Å². The highest BCUT2D eigenvalue weighted by atomic mass is 16.1. The van der Waals surface area contributed by atoms with Crippen LogP contribution in [-0.2, 0) is 0 Å². The van der Waals surface area contributed by atoms with Crippen LogP contribution in [0.5, 0.6) is 0 Å². The van der Waals surface area contributed by atoms with Crippen molar-refractivity contribution in [1.82, 2.24) is 0 Å². The molecule has 3 nitrogen and oxygen atoms in total. The second-order valence-corrected chi connectivity index (χ2v) is 2.96. The molecular formula is C11H13N2O+. The van der Waals surface area contributed by atoms with E-state index in [0.29, 0.717) is 5.56 Å². The van der Waals surface area contributed by atoms with Crippen LogP contribution in [0.15, 0.2) is 24.3 Å². The predicted octanol–water partition coefficient (Wildman–Crippen LogP) is 2.26. The Balaban J connectivity index is 2.67. The Morgan fingerprint density at radius 2 is 2.07 bits per heavy atom. The maximum atomic E-state index is 10.4. The highest BCUT2D eigenvalue weighted by molar-refractivity contribution is 5.75. The molecule has 0 aliphatic heterocycles. The van der Waals surface area contributed by atoms with Crippen molar-refractivity contribution >= 4 is 12.0 Å². The molecule has 0 aliphatic carbocycles. The molecule has 0 radical (unpaired) electrons. The number of nitrogens with one attached hydrogen (secondary N) is 1. The van der Waals surface area contributed by atoms with Crippen LogP contribution >= 0.6 is 0 Å². The molecule has 72 valence electrons. The lowest BCUT2D eigenvalue weighted by Crippen LogP contribution is -2.11. The van der Waals surface area contributed by atoms with Gasteiger partial charge in [-0.15, -0.1) is 0 Å². The summed E-state index contributed by atoms with van der Waals surface area (Å²) in [6, 6.07) is 10.2. The maximum Gasteiger partial charge on any atom is 0.297 e. The van der Waals surface area contributed by atoms with E-state index in [1.165, 1.54) is 0 Å². The number of aldehydes is 1. The van der Waals surface area contributed by atoms with Crippen LogP contribution < -0.4 is 5.32 Å². The molecule has 0 fully saturated rings. The molecule has 0 bridgehead atoms. The zero-order valence-electron chi connectivity index (χ0n) is 8.32. The van der Waals surface area contributed by atoms with Crippen LogP contribution in [0, 0.1) is 6.07 Å². The van der Waals surface area contributed by atoms with E-state index in [9.17, 15) is 4.79 Å². The molecule has 1 rings (SSSR count). The van der Waals surface area contributed by atoms with Gasteiger partial charge in [-0.25, -0.2) is 0 Å². The van der Waals surface area contributed by atoms with E-state index in [1.807, 2.05) is 19.1 Å². The average molecular weight is 189 g/mol. The molecule has 0 saturated heterocycles. The number of carbonyl (C=O) groups excluding carboxylic acids is 1. The summed E-state index contributed by atoms with van der Waals surface area (Å²) in [4.78, 5) is 14.2. The van der Waals surface area contributed by atoms with E-state index in [4.69, 9.17) is 0 Å². The van der Waals surface area contributed by atoms with E-state index >= 15 is 0 Å². The second-order valence-electron chi connectivity index (χ2n) is 2.96. The van der Waals surface area contributed by atoms with Gasteiger partial charge in [-0.2, -0.15) is 0 Å². The highest BCUT2D eigenvalue weighted by Gasteiger charge is 2.02. The smallest absolute Gasteiger partial charge is 0.297 e. The van der Waals surface area contributed by atoms with Crippen LogP contribution in [0.3, 0.4) is 0 Å². The molecule has 0 aliphatic rings. The summed E-state index contributed by atoms with van der Waals surface area (Å²) in [7, 11) is 1.69. The summed E-state index contributed by atoms with van der Waals surface area (Å²) < 4.78 is 0. The molecule has 0 spiro atoms. The lowest BCUT2D eigenvalue weighted by Gasteiger charge is -2.05. The van der Waals surface area contributed by atoms with Crippen LogP contribution in [0.1, 0.15) is 17.3 Å². The summed E-state index contributed by atoms with van der Waals surface area (Å²) in [6.07, 6.45) is 0.826. The van der Waals surface area contributed by atoms with Crippen molar-refractivity contribution in [3.8, 4) is 6.07 Å². The third kappa shape index (κ3) is 2.91. The Morgan fingerprint density at radius 3 is 2.57 bits per heavy atom. The fourth-order valence-corrected chi connectivity index (χ4v) is 1.13. The first kappa shape index (κ1) is 10.3. The van der Waals surface area contributed by atoms with Gasteiger partial charge in [-0.3, -0.25) is 4.79 Å². The minimum absolute atomic E-state index is 0.0714. The zero-order chi connectivity index (χ0) is 10.4. The lowest BCUT2D eigenvalue weighted by molar-refractivity contribution is 0.112. The van der Waals surface area contributed by atoms with Gasteiger partial charge < -0.3 is 5.32 Å². The summed E-state index contributed by atoms with van der Waals surface area (Å²) in [5.74, 6) is 0. The number of rotatable bonds is 3. The van der Waals surface area contributed by atoms with Gasteiger partial charge in [0, 0.05) is 11.3 Å². The van der Waals surface area contributed by atoms with Crippen molar-refractivity contribution in [2.24, 2.45) is 0 Å². The Hall–Kier alpha value is -1.82. The number of anilines is 1. The van der Waals surface area contributed by atoms with Crippen LogP contribution in [0.4, 0.5) is 5.69 Å². The third-order valence-corrected chi connectivity index (χ3v) is 1.75. The highest BCUT2D eigenvalue weighted by Crippen LogP contribution is 2.09. The van der Waals surface area contributed by atoms with E-state index in [0.717, 1.165) is 12.0 Å². The van der Waals surface area contributed by atoms with Gasteiger partial charge in [0.2, 0.25) is 0 Å². The second kappa shape index (κ2) is 5.03. The molecule has 0 aromatic heterocycles. The molecule has 0 saturated carbocycles. The number of carbonyl (C=O) groups is 1. The van der Waals surface area contributed by atoms with Crippen molar-refractivity contribution in [2.45, 2.75) is 13.0 Å². The molecule has 14 heavy (non-hydrogen) atoms. The van der Waals surface area contributed by atoms with Crippen molar-refractivity contribution in [3.63, 3.8) is 0 Å². The molecule has 1 aromatic carbocycles. The van der Waals surface area contributed by atoms with Crippen LogP contribution in [0.25, 0.3) is 4.85 Å². The molecule has 3 heteroatoms. The molecule has 0 heterocycles. The molecule has 1 unspecified atom stereocenters. The van der Waals surface area contributed by atoms with Gasteiger partial charge in [0.1, 0.15) is 6.29 Å². The first-order chi connectivity index (χ1) is 6.76. The van der Waals surface area contributed by atoms with Gasteiger partial charge in [0.25, 0.3) is 13.1 Å². The Morgan fingerprint density at radius 1 is 1.43 bits per heavy atom. The fraction of sp³-hybridized carbons (Fsp3) is 0.273. The molecule has 1 N–H and O–H groups in total. The summed E-state index contributed by atoms with van der Waals surface area (Å²) in [6.45, 7) is 1.96. The largest absolute Gasteiger partial charge is 0.367 e. The third-order valence-electron chi connectivity index (χ3n) is 1.75. The lowest BCUT2D eigenvalue weighted by atomic mass is 10.2. The standard InChI is InChI=1S/C11H12N2O/c1-9(7-12-2)13-11-5-3-10(8-14)4-6-11/h3-6,8-9H,1-2H3/p+1. The molecular weight excluding hydrogens is 176 g/mol. The minimum atomic E-state index is 0.0714. The van der Waals surface area contributed by atoms with Gasteiger partial charge in [0.15, 0.2) is 6.04 Å². The molecule has 1 atom stereocenters. The monoisotopic (exact) mass is 189 g/mol. The van der Waals surface area contributed by atoms with Gasteiger partial charge >= 0.3 is 0 Å². The quantitative estimate of drug-likeness (QED) is 0.740. The first-order valence-electron chi connectivity index (χ1n) is 4.42. The SMILES string of the molecule is C[N+]#CC(C)Nc1ccc(C=O)cc1. The van der Waals surface area contributed by atoms with Crippen molar-refractivity contribution in [3.05, 3.63) is 34.7 Å². The predicted molar refractivity (Wildman–Crippen MR) is 58.1 cm³/mol. The number of benzene rings is 1. The minimum Gasteiger partial charge on any atom is -0.367 e. The first-order valence-corrected chi connectivity index (χ1v) is 4.42. The summed E-state index contributed by atoms with van der Waals surface area (Å²) in [5.41, 5.74) is 1.63. The Bertz CT molecular complexity index is 359. The number of hydrogen-bond acceptors (Lipinski definition) is 2. The van der Waals surface area contributed by atoms with Crippen molar-refractivity contribution in [1.29, 1.82) is 0 Å². The van der Waals surface area contributed by atoms with Gasteiger partial charge in [0.05, 0.1) is 0 Å². The van der Waals surface area contributed by atoms with Crippen molar-refractivity contribution < 1.29 is 4.79 Å². The Labute approximate surface area is 83.6 Å². The van der Waals surface area contributed by atoms with E-state index < -0.39 is 0 Å². The Kier molecular flexibility index (Phi) is 3.69. The molecule has 0 amide bonds. The fourth-order valence-electron chi connectivity index (χ4n) is 1.13. The van der Waals surface area contributed by atoms with Crippen LogP contribution in [0.2, 0.25) is 0 Å². The van der Waals surface area contributed by atoms with E-state index in [2.05, 4.69) is 16.2 Å². The van der Waals surface area contributed by atoms with Gasteiger partial charge in [-0.1, -0.05) is 4.85 Å². The summed E-state index contributed by atoms with van der Waals surface area (Å²) in [5, 5.41) is 3.17. The number of nitrogens with zero attached hydrogens (tertiary/aromatic N) is 1. The van der Waals surface area contributed by atoms with E-state index in [-0.39, 0.29) is 6.04 Å². The average Bonchev–Trinajstić information content (AvgIpc) is 2.19. The van der Waals surface area contributed by atoms with E-state index in [1.54, 1.807) is 19.2 Å². The molecule has 1 aromatic rings. The normalized spacial score (nSPS) is 11.0. The number of hydrogen-bond donors (Lipinski definition) is 1. The van der Waals surface area contributed by atoms with Crippen molar-refractivity contribution in [2.75, 3.05) is 12.4 Å². The van der Waals surface area contributed by atoms with Gasteiger partial charge in [-0.05, 0) is 31.2 Å². The zero-order valence-corrected chi connectivity index (χ0v) is 8.32.